The predicted octanol–water partition coefficient (Wildman–Crippen LogP) is 7.87. The van der Waals surface area contributed by atoms with Crippen molar-refractivity contribution in [3.05, 3.63) is 38.5 Å². The molecule has 120 valence electrons. The summed E-state index contributed by atoms with van der Waals surface area (Å²) in [6.07, 6.45) is 20.2. The van der Waals surface area contributed by atoms with Crippen molar-refractivity contribution in [3.63, 3.8) is 0 Å². The molecular formula is C20H40. The minimum atomic E-state index is 1.18. The highest BCUT2D eigenvalue weighted by molar-refractivity contribution is 4.65. The Morgan fingerprint density at radius 2 is 0.900 bits per heavy atom. The van der Waals surface area contributed by atoms with E-state index in [1.165, 1.54) is 77.0 Å². The molecule has 0 atom stereocenters. The molecule has 0 unspecified atom stereocenters. The van der Waals surface area contributed by atoms with Crippen molar-refractivity contribution in [1.82, 2.24) is 0 Å². The molecule has 0 radical (unpaired) electrons. The van der Waals surface area contributed by atoms with Crippen LogP contribution < -0.4 is 0 Å². The van der Waals surface area contributed by atoms with E-state index < -0.39 is 0 Å². The molecule has 0 aliphatic heterocycles. The fourth-order valence-electron chi connectivity index (χ4n) is 1.77. The molecule has 20 heavy (non-hydrogen) atoms. The highest BCUT2D eigenvalue weighted by Gasteiger charge is 1.89. The Kier molecular flexibility index (Phi) is 37.5. The fourth-order valence-corrected chi connectivity index (χ4v) is 1.77. The quantitative estimate of drug-likeness (QED) is 0.252. The second-order valence-corrected chi connectivity index (χ2v) is 4.98. The van der Waals surface area contributed by atoms with Gasteiger partial charge in [-0.1, -0.05) is 83.8 Å². The molecular weight excluding hydrogens is 240 g/mol. The summed E-state index contributed by atoms with van der Waals surface area (Å²) in [7, 11) is 0. The summed E-state index contributed by atoms with van der Waals surface area (Å²) in [4.78, 5) is 0. The fraction of sp³-hybridized carbons (Fsp3) is 0.700. The molecule has 0 aromatic rings. The Balaban J connectivity index is -0.000000304. The van der Waals surface area contributed by atoms with Crippen LogP contribution in [0, 0.1) is 0 Å². The van der Waals surface area contributed by atoms with Crippen molar-refractivity contribution < 1.29 is 0 Å². The number of hydrogen-bond acceptors (Lipinski definition) is 0. The molecule has 0 aliphatic rings. The van der Waals surface area contributed by atoms with Gasteiger partial charge in [-0.25, -0.2) is 0 Å². The average Bonchev–Trinajstić information content (AvgIpc) is 2.50. The van der Waals surface area contributed by atoms with E-state index >= 15 is 0 Å². The number of unbranched alkanes of at least 4 members (excludes halogenated alkanes) is 10. The lowest BCUT2D eigenvalue weighted by molar-refractivity contribution is 0.578. The van der Waals surface area contributed by atoms with Gasteiger partial charge in [-0.3, -0.25) is 0 Å². The van der Waals surface area contributed by atoms with Crippen LogP contribution in [0.5, 0.6) is 0 Å². The summed E-state index contributed by atoms with van der Waals surface area (Å²) >= 11 is 0. The van der Waals surface area contributed by atoms with E-state index in [9.17, 15) is 0 Å². The van der Waals surface area contributed by atoms with Crippen LogP contribution in [0.4, 0.5) is 0 Å². The largest absolute Gasteiger partial charge is 0.106 e. The minimum Gasteiger partial charge on any atom is -0.106 e. The molecule has 0 spiro atoms. The van der Waals surface area contributed by atoms with Gasteiger partial charge < -0.3 is 0 Å². The topological polar surface area (TPSA) is 0 Å². The van der Waals surface area contributed by atoms with E-state index in [1.54, 1.807) is 0 Å². The molecule has 0 amide bonds. The highest BCUT2D eigenvalue weighted by Crippen LogP contribution is 2.09. The molecule has 0 heteroatoms. The normalized spacial score (nSPS) is 8.70. The Bertz CT molecular complexity index is 157. The van der Waals surface area contributed by atoms with Crippen molar-refractivity contribution in [2.24, 2.45) is 0 Å². The first-order valence-electron chi connectivity index (χ1n) is 8.55. The van der Waals surface area contributed by atoms with Gasteiger partial charge in [0.15, 0.2) is 0 Å². The Hall–Kier alpha value is -0.780. The maximum absolute atomic E-state index is 3.72. The van der Waals surface area contributed by atoms with E-state index in [-0.39, 0.29) is 0 Å². The van der Waals surface area contributed by atoms with Gasteiger partial charge >= 0.3 is 0 Å². The third kappa shape index (κ3) is 36.0. The van der Waals surface area contributed by atoms with Crippen molar-refractivity contribution in [3.8, 4) is 0 Å². The van der Waals surface area contributed by atoms with Crippen LogP contribution in [-0.2, 0) is 0 Å². The minimum absolute atomic E-state index is 1.18. The van der Waals surface area contributed by atoms with E-state index in [0.717, 1.165) is 0 Å². The number of hydrogen-bond donors (Lipinski definition) is 0. The van der Waals surface area contributed by atoms with Gasteiger partial charge in [0, 0.05) is 0 Å². The molecule has 0 aliphatic carbocycles. The highest BCUT2D eigenvalue weighted by atomic mass is 14.0. The molecule has 0 aromatic carbocycles. The summed E-state index contributed by atoms with van der Waals surface area (Å²) in [5, 5.41) is 0. The van der Waals surface area contributed by atoms with Crippen molar-refractivity contribution in [2.45, 2.75) is 90.9 Å². The summed E-state index contributed by atoms with van der Waals surface area (Å²) < 4.78 is 0. The smallest absolute Gasteiger partial charge is 0.0353 e. The molecule has 0 rings (SSSR count). The first-order valence-corrected chi connectivity index (χ1v) is 8.55. The SMILES string of the molecule is C=C.C=CCCCC.C=CCCCCCCCCCC. The van der Waals surface area contributed by atoms with Crippen LogP contribution in [0.15, 0.2) is 38.5 Å². The van der Waals surface area contributed by atoms with Gasteiger partial charge in [0.1, 0.15) is 0 Å². The molecule has 0 N–H and O–H groups in total. The molecule has 0 nitrogen and oxygen atoms in total. The first-order chi connectivity index (χ1) is 9.83. The zero-order valence-electron chi connectivity index (χ0n) is 14.5. The number of rotatable bonds is 12. The van der Waals surface area contributed by atoms with Crippen LogP contribution in [0.1, 0.15) is 90.9 Å². The van der Waals surface area contributed by atoms with Gasteiger partial charge in [-0.05, 0) is 19.3 Å². The maximum Gasteiger partial charge on any atom is -0.0353 e. The first kappa shape index (κ1) is 24.3. The van der Waals surface area contributed by atoms with Crippen LogP contribution in [0.3, 0.4) is 0 Å². The standard InChI is InChI=1S/C12H24.C6H12.C2H4/c1-3-5-7-9-11-12-10-8-6-4-2;1-3-5-6-4-2;1-2/h3H,1,4-12H2,2H3;3H,1,4-6H2,2H3;1-2H2. The molecule has 0 saturated heterocycles. The van der Waals surface area contributed by atoms with Crippen molar-refractivity contribution in [1.29, 1.82) is 0 Å². The van der Waals surface area contributed by atoms with E-state index in [4.69, 9.17) is 0 Å². The maximum atomic E-state index is 3.72. The van der Waals surface area contributed by atoms with Crippen LogP contribution in [0.2, 0.25) is 0 Å². The van der Waals surface area contributed by atoms with Gasteiger partial charge in [0.25, 0.3) is 0 Å². The second kappa shape index (κ2) is 30.9. The molecule has 0 saturated carbocycles. The lowest BCUT2D eigenvalue weighted by atomic mass is 10.1. The predicted molar refractivity (Wildman–Crippen MR) is 98.4 cm³/mol. The lowest BCUT2D eigenvalue weighted by Gasteiger charge is -1.99. The zero-order valence-corrected chi connectivity index (χ0v) is 14.5. The summed E-state index contributed by atoms with van der Waals surface area (Å²) in [5.74, 6) is 0. The molecule has 0 fully saturated rings. The van der Waals surface area contributed by atoms with Gasteiger partial charge in [0.2, 0.25) is 0 Å². The van der Waals surface area contributed by atoms with Gasteiger partial charge in [-0.15, -0.1) is 26.3 Å². The monoisotopic (exact) mass is 280 g/mol. The molecule has 0 heterocycles. The van der Waals surface area contributed by atoms with E-state index in [0.29, 0.717) is 0 Å². The van der Waals surface area contributed by atoms with Crippen molar-refractivity contribution in [2.75, 3.05) is 0 Å². The Labute approximate surface area is 130 Å². The summed E-state index contributed by atoms with van der Waals surface area (Å²) in [6, 6.07) is 0. The second-order valence-electron chi connectivity index (χ2n) is 4.98. The van der Waals surface area contributed by atoms with E-state index in [2.05, 4.69) is 40.2 Å². The van der Waals surface area contributed by atoms with Crippen LogP contribution in [0.25, 0.3) is 0 Å². The van der Waals surface area contributed by atoms with Gasteiger partial charge in [-0.2, -0.15) is 0 Å². The lowest BCUT2D eigenvalue weighted by Crippen LogP contribution is -1.79. The molecule has 0 aromatic heterocycles. The van der Waals surface area contributed by atoms with Gasteiger partial charge in [0.05, 0.1) is 0 Å². The Morgan fingerprint density at radius 1 is 0.550 bits per heavy atom. The molecule has 0 bridgehead atoms. The van der Waals surface area contributed by atoms with Crippen LogP contribution >= 0.6 is 0 Å². The number of allylic oxidation sites excluding steroid dienone is 2. The Morgan fingerprint density at radius 3 is 1.25 bits per heavy atom. The average molecular weight is 281 g/mol. The summed E-state index contributed by atoms with van der Waals surface area (Å²) in [6.45, 7) is 17.8. The van der Waals surface area contributed by atoms with Crippen molar-refractivity contribution >= 4 is 0 Å². The van der Waals surface area contributed by atoms with Crippen LogP contribution in [-0.4, -0.2) is 0 Å². The third-order valence-corrected chi connectivity index (χ3v) is 3.02. The third-order valence-electron chi connectivity index (χ3n) is 3.02. The zero-order chi connectivity index (χ0) is 15.9. The summed E-state index contributed by atoms with van der Waals surface area (Å²) in [5.41, 5.74) is 0. The van der Waals surface area contributed by atoms with E-state index in [1.807, 2.05) is 12.2 Å².